The van der Waals surface area contributed by atoms with Crippen molar-refractivity contribution in [1.29, 1.82) is 0 Å². The number of thioether (sulfide) groups is 1. The summed E-state index contributed by atoms with van der Waals surface area (Å²) in [4.78, 5) is 14.2. The topological polar surface area (TPSA) is 58.4 Å². The molecule has 1 rings (SSSR count). The number of nitrogens with two attached hydrogens (primary N) is 1. The molecule has 0 aromatic carbocycles. The van der Waals surface area contributed by atoms with E-state index in [1.54, 1.807) is 11.8 Å². The van der Waals surface area contributed by atoms with E-state index < -0.39 is 0 Å². The van der Waals surface area contributed by atoms with Gasteiger partial charge in [0, 0.05) is 19.1 Å². The van der Waals surface area contributed by atoms with E-state index in [9.17, 15) is 4.79 Å². The molecule has 0 bridgehead atoms. The highest BCUT2D eigenvalue weighted by Crippen LogP contribution is 2.34. The fourth-order valence-corrected chi connectivity index (χ4v) is 3.21. The number of thiocarbonyl (C=S) groups is 1. The van der Waals surface area contributed by atoms with Crippen LogP contribution in [0.25, 0.3) is 0 Å². The highest BCUT2D eigenvalue weighted by molar-refractivity contribution is 8.02. The minimum atomic E-state index is -0.121. The van der Waals surface area contributed by atoms with Gasteiger partial charge in [-0.05, 0) is 32.9 Å². The molecular weight excluding hydrogens is 254 g/mol. The Labute approximate surface area is 113 Å². The predicted molar refractivity (Wildman–Crippen MR) is 77.5 cm³/mol. The van der Waals surface area contributed by atoms with Crippen LogP contribution in [0, 0.1) is 0 Å². The van der Waals surface area contributed by atoms with Gasteiger partial charge < -0.3 is 16.0 Å². The molecule has 4 nitrogen and oxygen atoms in total. The molecule has 17 heavy (non-hydrogen) atoms. The van der Waals surface area contributed by atoms with Crippen LogP contribution in [0.3, 0.4) is 0 Å². The standard InChI is InChI=1S/C11H21N3OS2/c1-8(2)13-10(15)14-6-4-11(17-3,5-7-14)9(12)16/h8H,4-7H2,1-3H3,(H2,12,16)(H,13,15). The Balaban J connectivity index is 2.55. The molecule has 0 saturated carbocycles. The molecule has 1 aliphatic heterocycles. The molecule has 1 saturated heterocycles. The summed E-state index contributed by atoms with van der Waals surface area (Å²) >= 11 is 6.84. The first kappa shape index (κ1) is 14.6. The first-order valence-electron chi connectivity index (χ1n) is 5.82. The van der Waals surface area contributed by atoms with Crippen molar-refractivity contribution in [3.05, 3.63) is 0 Å². The number of urea groups is 1. The summed E-state index contributed by atoms with van der Waals surface area (Å²) in [6.45, 7) is 5.36. The van der Waals surface area contributed by atoms with Crippen LogP contribution < -0.4 is 11.1 Å². The largest absolute Gasteiger partial charge is 0.392 e. The molecule has 98 valence electrons. The molecule has 1 aliphatic rings. The smallest absolute Gasteiger partial charge is 0.317 e. The normalized spacial score (nSPS) is 19.2. The number of nitrogens with one attached hydrogen (secondary N) is 1. The van der Waals surface area contributed by atoms with Crippen molar-refractivity contribution in [2.45, 2.75) is 37.5 Å². The Kier molecular flexibility index (Phi) is 5.06. The molecule has 3 N–H and O–H groups in total. The van der Waals surface area contributed by atoms with Crippen molar-refractivity contribution in [2.75, 3.05) is 19.3 Å². The van der Waals surface area contributed by atoms with Gasteiger partial charge in [0.1, 0.15) is 0 Å². The van der Waals surface area contributed by atoms with Gasteiger partial charge in [0.25, 0.3) is 0 Å². The van der Waals surface area contributed by atoms with Crippen molar-refractivity contribution in [2.24, 2.45) is 5.73 Å². The van der Waals surface area contributed by atoms with E-state index in [4.69, 9.17) is 18.0 Å². The second-order valence-corrected chi connectivity index (χ2v) is 6.28. The van der Waals surface area contributed by atoms with Gasteiger partial charge in [0.05, 0.1) is 9.74 Å². The summed E-state index contributed by atoms with van der Waals surface area (Å²) in [6, 6.07) is 0.183. The van der Waals surface area contributed by atoms with E-state index in [0.29, 0.717) is 4.99 Å². The fourth-order valence-electron chi connectivity index (χ4n) is 1.96. The third-order valence-electron chi connectivity index (χ3n) is 3.11. The van der Waals surface area contributed by atoms with Crippen LogP contribution in [0.5, 0.6) is 0 Å². The van der Waals surface area contributed by atoms with E-state index in [2.05, 4.69) is 5.32 Å². The zero-order valence-electron chi connectivity index (χ0n) is 10.7. The summed E-state index contributed by atoms with van der Waals surface area (Å²) < 4.78 is -0.121. The molecule has 1 heterocycles. The van der Waals surface area contributed by atoms with Gasteiger partial charge in [0.2, 0.25) is 0 Å². The summed E-state index contributed by atoms with van der Waals surface area (Å²) in [7, 11) is 0. The van der Waals surface area contributed by atoms with Crippen LogP contribution in [-0.2, 0) is 0 Å². The maximum atomic E-state index is 11.8. The SMILES string of the molecule is CSC1(C(N)=S)CCN(C(=O)NC(C)C)CC1. The second kappa shape index (κ2) is 5.91. The van der Waals surface area contributed by atoms with E-state index in [1.165, 1.54) is 0 Å². The molecule has 0 atom stereocenters. The Morgan fingerprint density at radius 1 is 1.47 bits per heavy atom. The second-order valence-electron chi connectivity index (χ2n) is 4.65. The Bertz CT molecular complexity index is 299. The molecular formula is C11H21N3OS2. The summed E-state index contributed by atoms with van der Waals surface area (Å²) in [5.74, 6) is 0. The number of piperidine rings is 1. The van der Waals surface area contributed by atoms with Gasteiger partial charge in [-0.3, -0.25) is 0 Å². The number of likely N-dealkylation sites (tertiary alicyclic amines) is 1. The molecule has 0 aliphatic carbocycles. The van der Waals surface area contributed by atoms with Crippen molar-refractivity contribution >= 4 is 35.0 Å². The molecule has 0 radical (unpaired) electrons. The first-order valence-corrected chi connectivity index (χ1v) is 7.45. The van der Waals surface area contributed by atoms with Gasteiger partial charge in [-0.25, -0.2) is 4.79 Å². The van der Waals surface area contributed by atoms with Crippen LogP contribution in [0.15, 0.2) is 0 Å². The third kappa shape index (κ3) is 3.48. The summed E-state index contributed by atoms with van der Waals surface area (Å²) in [5.41, 5.74) is 5.81. The van der Waals surface area contributed by atoms with Crippen LogP contribution in [0.1, 0.15) is 26.7 Å². The Hall–Kier alpha value is -0.490. The summed E-state index contributed by atoms with van der Waals surface area (Å²) in [6.07, 6.45) is 3.72. The van der Waals surface area contributed by atoms with Gasteiger partial charge in [-0.1, -0.05) is 12.2 Å². The highest BCUT2D eigenvalue weighted by Gasteiger charge is 2.37. The lowest BCUT2D eigenvalue weighted by Crippen LogP contribution is -2.53. The van der Waals surface area contributed by atoms with E-state index in [1.807, 2.05) is 25.0 Å². The molecule has 0 spiro atoms. The van der Waals surface area contributed by atoms with E-state index in [0.717, 1.165) is 25.9 Å². The number of amides is 2. The van der Waals surface area contributed by atoms with Gasteiger partial charge >= 0.3 is 6.03 Å². The highest BCUT2D eigenvalue weighted by atomic mass is 32.2. The van der Waals surface area contributed by atoms with Crippen LogP contribution >= 0.6 is 24.0 Å². The minimum Gasteiger partial charge on any atom is -0.392 e. The number of rotatable bonds is 3. The van der Waals surface area contributed by atoms with Crippen LogP contribution in [0.4, 0.5) is 4.79 Å². The average molecular weight is 275 g/mol. The lowest BCUT2D eigenvalue weighted by molar-refractivity contribution is 0.181. The van der Waals surface area contributed by atoms with Crippen LogP contribution in [0.2, 0.25) is 0 Å². The lowest BCUT2D eigenvalue weighted by Gasteiger charge is -2.40. The summed E-state index contributed by atoms with van der Waals surface area (Å²) in [5, 5.41) is 2.90. The lowest BCUT2D eigenvalue weighted by atomic mass is 9.96. The number of carbonyl (C=O) groups excluding carboxylic acids is 1. The molecule has 6 heteroatoms. The molecule has 0 aromatic rings. The maximum Gasteiger partial charge on any atom is 0.317 e. The molecule has 2 amide bonds. The number of carbonyl (C=O) groups is 1. The molecule has 0 unspecified atom stereocenters. The molecule has 0 aromatic heterocycles. The van der Waals surface area contributed by atoms with Crippen molar-refractivity contribution in [3.63, 3.8) is 0 Å². The van der Waals surface area contributed by atoms with Crippen molar-refractivity contribution < 1.29 is 4.79 Å². The van der Waals surface area contributed by atoms with Crippen LogP contribution in [-0.4, -0.2) is 46.1 Å². The zero-order valence-corrected chi connectivity index (χ0v) is 12.3. The van der Waals surface area contributed by atoms with Gasteiger partial charge in [0.15, 0.2) is 0 Å². The van der Waals surface area contributed by atoms with Gasteiger partial charge in [-0.2, -0.15) is 11.8 Å². The number of nitrogens with zero attached hydrogens (tertiary/aromatic N) is 1. The number of hydrogen-bond donors (Lipinski definition) is 2. The van der Waals surface area contributed by atoms with E-state index in [-0.39, 0.29) is 16.8 Å². The quantitative estimate of drug-likeness (QED) is 0.768. The van der Waals surface area contributed by atoms with Crippen molar-refractivity contribution in [3.8, 4) is 0 Å². The third-order valence-corrected chi connectivity index (χ3v) is 5.04. The molecule has 1 fully saturated rings. The minimum absolute atomic E-state index is 0.0117. The van der Waals surface area contributed by atoms with E-state index >= 15 is 0 Å². The predicted octanol–water partition coefficient (Wildman–Crippen LogP) is 1.59. The maximum absolute atomic E-state index is 11.8. The Morgan fingerprint density at radius 2 is 2.00 bits per heavy atom. The average Bonchev–Trinajstić information content (AvgIpc) is 2.28. The van der Waals surface area contributed by atoms with Gasteiger partial charge in [-0.15, -0.1) is 0 Å². The Morgan fingerprint density at radius 3 is 2.35 bits per heavy atom. The zero-order chi connectivity index (χ0) is 13.1. The first-order chi connectivity index (χ1) is 7.91. The van der Waals surface area contributed by atoms with Crippen molar-refractivity contribution in [1.82, 2.24) is 10.2 Å². The monoisotopic (exact) mass is 275 g/mol. The fraction of sp³-hybridized carbons (Fsp3) is 0.818. The number of hydrogen-bond acceptors (Lipinski definition) is 3.